The molecular formula is C20H20N2O5S2. The fourth-order valence-electron chi connectivity index (χ4n) is 3.72. The topological polar surface area (TPSA) is 92.8 Å². The summed E-state index contributed by atoms with van der Waals surface area (Å²) in [4.78, 5) is 28.3. The molecule has 0 spiro atoms. The summed E-state index contributed by atoms with van der Waals surface area (Å²) in [6.45, 7) is 4.51. The largest absolute Gasteiger partial charge is 0.372 e. The SMILES string of the molecule is CC1CN(C2=C(NS(=O)(=O)c3cccs3)C(=O)c3ccccc3C2=O)CC(C)O1. The summed E-state index contributed by atoms with van der Waals surface area (Å²) in [6, 6.07) is 9.54. The number of fused-ring (bicyclic) bond motifs is 1. The normalized spacial score (nSPS) is 22.6. The number of carbonyl (C=O) groups is 2. The Morgan fingerprint density at radius 1 is 1.00 bits per heavy atom. The molecule has 0 bridgehead atoms. The number of ether oxygens (including phenoxy) is 1. The molecule has 9 heteroatoms. The monoisotopic (exact) mass is 432 g/mol. The van der Waals surface area contributed by atoms with Crippen LogP contribution in [0.2, 0.25) is 0 Å². The zero-order valence-corrected chi connectivity index (χ0v) is 17.5. The van der Waals surface area contributed by atoms with E-state index in [2.05, 4.69) is 4.72 Å². The van der Waals surface area contributed by atoms with Crippen LogP contribution in [0.4, 0.5) is 0 Å². The molecule has 1 aliphatic carbocycles. The summed E-state index contributed by atoms with van der Waals surface area (Å²) in [7, 11) is -3.99. The average molecular weight is 433 g/mol. The number of benzene rings is 1. The molecule has 1 aliphatic heterocycles. The summed E-state index contributed by atoms with van der Waals surface area (Å²) in [5, 5.41) is 1.64. The van der Waals surface area contributed by atoms with Gasteiger partial charge >= 0.3 is 0 Å². The Balaban J connectivity index is 1.85. The number of thiophene rings is 1. The second-order valence-electron chi connectivity index (χ2n) is 7.13. The van der Waals surface area contributed by atoms with E-state index in [1.54, 1.807) is 34.5 Å². The number of nitrogens with one attached hydrogen (secondary N) is 1. The maximum atomic E-state index is 13.3. The van der Waals surface area contributed by atoms with Crippen LogP contribution in [-0.4, -0.2) is 50.2 Å². The summed E-state index contributed by atoms with van der Waals surface area (Å²) in [5.74, 6) is -0.882. The number of hydrogen-bond acceptors (Lipinski definition) is 7. The molecule has 7 nitrogen and oxygen atoms in total. The lowest BCUT2D eigenvalue weighted by atomic mass is 9.89. The molecule has 1 aromatic carbocycles. The molecule has 0 saturated carbocycles. The standard InChI is InChI=1S/C20H20N2O5S2/c1-12-10-22(11-13(2)27-12)18-17(21-29(25,26)16-8-5-9-28-16)19(23)14-6-3-4-7-15(14)20(18)24/h3-9,12-13,21H,10-11H2,1-2H3. The van der Waals surface area contributed by atoms with E-state index in [1.165, 1.54) is 12.1 Å². The Morgan fingerprint density at radius 3 is 2.21 bits per heavy atom. The van der Waals surface area contributed by atoms with Crippen LogP contribution < -0.4 is 4.72 Å². The van der Waals surface area contributed by atoms with Crippen LogP contribution in [0, 0.1) is 0 Å². The molecule has 2 unspecified atom stereocenters. The fraction of sp³-hybridized carbons (Fsp3) is 0.300. The van der Waals surface area contributed by atoms with Gasteiger partial charge in [0.15, 0.2) is 0 Å². The van der Waals surface area contributed by atoms with Crippen LogP contribution >= 0.6 is 11.3 Å². The Kier molecular flexibility index (Phi) is 5.05. The molecule has 2 aliphatic rings. The first kappa shape index (κ1) is 19.8. The molecule has 0 amide bonds. The highest BCUT2D eigenvalue weighted by Gasteiger charge is 2.39. The minimum absolute atomic E-state index is 0.0761. The average Bonchev–Trinajstić information content (AvgIpc) is 3.21. The van der Waals surface area contributed by atoms with Gasteiger partial charge in [0, 0.05) is 24.2 Å². The van der Waals surface area contributed by atoms with Gasteiger partial charge in [0.2, 0.25) is 11.6 Å². The van der Waals surface area contributed by atoms with Crippen LogP contribution in [0.1, 0.15) is 34.6 Å². The van der Waals surface area contributed by atoms with Gasteiger partial charge in [0.25, 0.3) is 10.0 Å². The summed E-state index contributed by atoms with van der Waals surface area (Å²) in [5.41, 5.74) is 0.345. The maximum absolute atomic E-state index is 13.3. The number of morpholine rings is 1. The molecule has 2 heterocycles. The first-order valence-electron chi connectivity index (χ1n) is 9.17. The molecule has 1 saturated heterocycles. The number of carbonyl (C=O) groups excluding carboxylic acids is 2. The van der Waals surface area contributed by atoms with Gasteiger partial charge in [-0.2, -0.15) is 0 Å². The summed E-state index contributed by atoms with van der Waals surface area (Å²) < 4.78 is 33.9. The molecule has 1 aromatic heterocycles. The van der Waals surface area contributed by atoms with Crippen molar-refractivity contribution in [2.75, 3.05) is 13.1 Å². The van der Waals surface area contributed by atoms with E-state index in [0.29, 0.717) is 13.1 Å². The number of sulfonamides is 1. The van der Waals surface area contributed by atoms with Gasteiger partial charge in [-0.3, -0.25) is 14.3 Å². The van der Waals surface area contributed by atoms with Gasteiger partial charge in [-0.15, -0.1) is 11.3 Å². The Hall–Kier alpha value is -2.49. The third-order valence-electron chi connectivity index (χ3n) is 4.83. The summed E-state index contributed by atoms with van der Waals surface area (Å²) in [6.07, 6.45) is -0.331. The zero-order chi connectivity index (χ0) is 20.8. The fourth-order valence-corrected chi connectivity index (χ4v) is 5.78. The highest BCUT2D eigenvalue weighted by atomic mass is 32.2. The molecule has 152 valence electrons. The highest BCUT2D eigenvalue weighted by molar-refractivity contribution is 7.91. The minimum Gasteiger partial charge on any atom is -0.372 e. The van der Waals surface area contributed by atoms with Gasteiger partial charge in [0.1, 0.15) is 15.6 Å². The van der Waals surface area contributed by atoms with Gasteiger partial charge in [-0.25, -0.2) is 8.42 Å². The molecular weight excluding hydrogens is 412 g/mol. The number of ketones is 2. The molecule has 1 fully saturated rings. The lowest BCUT2D eigenvalue weighted by molar-refractivity contribution is -0.0574. The van der Waals surface area contributed by atoms with Crippen LogP contribution in [0.3, 0.4) is 0 Å². The Labute approximate surface area is 173 Å². The highest BCUT2D eigenvalue weighted by Crippen LogP contribution is 2.30. The van der Waals surface area contributed by atoms with Crippen LogP contribution in [-0.2, 0) is 14.8 Å². The second-order valence-corrected chi connectivity index (χ2v) is 9.98. The predicted octanol–water partition coefficient (Wildman–Crippen LogP) is 2.43. The smallest absolute Gasteiger partial charge is 0.271 e. The van der Waals surface area contributed by atoms with Crippen molar-refractivity contribution in [2.24, 2.45) is 0 Å². The number of allylic oxidation sites excluding steroid dienone is 2. The van der Waals surface area contributed by atoms with Crippen molar-refractivity contribution >= 4 is 32.9 Å². The molecule has 2 aromatic rings. The van der Waals surface area contributed by atoms with Crippen LogP contribution in [0.5, 0.6) is 0 Å². The summed E-state index contributed by atoms with van der Waals surface area (Å²) >= 11 is 1.04. The quantitative estimate of drug-likeness (QED) is 0.798. The van der Waals surface area contributed by atoms with Crippen molar-refractivity contribution in [3.8, 4) is 0 Å². The van der Waals surface area contributed by atoms with Crippen LogP contribution in [0.25, 0.3) is 0 Å². The Morgan fingerprint density at radius 2 is 1.62 bits per heavy atom. The predicted molar refractivity (Wildman–Crippen MR) is 108 cm³/mol. The lowest BCUT2D eigenvalue weighted by Gasteiger charge is -2.39. The third-order valence-corrected chi connectivity index (χ3v) is 7.57. The molecule has 1 N–H and O–H groups in total. The van der Waals surface area contributed by atoms with Gasteiger partial charge in [0.05, 0.1) is 12.2 Å². The lowest BCUT2D eigenvalue weighted by Crippen LogP contribution is -2.49. The molecule has 29 heavy (non-hydrogen) atoms. The van der Waals surface area contributed by atoms with Gasteiger partial charge in [-0.1, -0.05) is 30.3 Å². The number of Topliss-reactive ketones (excluding diaryl/α,β-unsaturated/α-hetero) is 2. The van der Waals surface area contributed by atoms with Crippen molar-refractivity contribution in [3.63, 3.8) is 0 Å². The maximum Gasteiger partial charge on any atom is 0.271 e. The number of rotatable bonds is 4. The van der Waals surface area contributed by atoms with Crippen molar-refractivity contribution < 1.29 is 22.7 Å². The van der Waals surface area contributed by atoms with Crippen molar-refractivity contribution in [1.29, 1.82) is 0 Å². The van der Waals surface area contributed by atoms with Crippen molar-refractivity contribution in [3.05, 3.63) is 64.3 Å². The van der Waals surface area contributed by atoms with E-state index < -0.39 is 15.8 Å². The van der Waals surface area contributed by atoms with E-state index in [4.69, 9.17) is 4.74 Å². The van der Waals surface area contributed by atoms with Crippen LogP contribution in [0.15, 0.2) is 57.4 Å². The minimum atomic E-state index is -3.99. The van der Waals surface area contributed by atoms with E-state index in [9.17, 15) is 18.0 Å². The molecule has 2 atom stereocenters. The van der Waals surface area contributed by atoms with Gasteiger partial charge in [-0.05, 0) is 25.3 Å². The Bertz CT molecular complexity index is 1100. The number of hydrogen-bond donors (Lipinski definition) is 1. The first-order chi connectivity index (χ1) is 13.8. The molecule has 0 radical (unpaired) electrons. The first-order valence-corrected chi connectivity index (χ1v) is 11.5. The van der Waals surface area contributed by atoms with E-state index in [0.717, 1.165) is 11.3 Å². The van der Waals surface area contributed by atoms with Crippen molar-refractivity contribution in [1.82, 2.24) is 9.62 Å². The van der Waals surface area contributed by atoms with E-state index in [-0.39, 0.29) is 44.7 Å². The zero-order valence-electron chi connectivity index (χ0n) is 15.9. The van der Waals surface area contributed by atoms with Gasteiger partial charge < -0.3 is 9.64 Å². The van der Waals surface area contributed by atoms with Crippen molar-refractivity contribution in [2.45, 2.75) is 30.3 Å². The molecule has 4 rings (SSSR count). The van der Waals surface area contributed by atoms with E-state index >= 15 is 0 Å². The number of nitrogens with zero attached hydrogens (tertiary/aromatic N) is 1. The van der Waals surface area contributed by atoms with E-state index in [1.807, 2.05) is 13.8 Å². The second kappa shape index (κ2) is 7.40. The third kappa shape index (κ3) is 3.61.